The second-order valence-corrected chi connectivity index (χ2v) is 7.11. The Morgan fingerprint density at radius 2 is 1.57 bits per heavy atom. The van der Waals surface area contributed by atoms with Gasteiger partial charge in [-0.05, 0) is 47.9 Å². The molecule has 0 aliphatic carbocycles. The van der Waals surface area contributed by atoms with E-state index >= 15 is 0 Å². The van der Waals surface area contributed by atoms with Gasteiger partial charge in [-0.2, -0.15) is 0 Å². The van der Waals surface area contributed by atoms with Crippen LogP contribution >= 0.6 is 0 Å². The quantitative estimate of drug-likeness (QED) is 0.855. The largest absolute Gasteiger partial charge is 0.324 e. The molecule has 2 N–H and O–H groups in total. The van der Waals surface area contributed by atoms with Gasteiger partial charge in [0.05, 0.1) is 0 Å². The Kier molecular flexibility index (Phi) is 4.53. The Morgan fingerprint density at radius 1 is 0.952 bits per heavy atom. The highest BCUT2D eigenvalue weighted by molar-refractivity contribution is 5.34. The van der Waals surface area contributed by atoms with Gasteiger partial charge in [-0.1, -0.05) is 68.8 Å². The van der Waals surface area contributed by atoms with Crippen LogP contribution in [-0.2, 0) is 11.8 Å². The van der Waals surface area contributed by atoms with E-state index in [4.69, 9.17) is 5.73 Å². The highest BCUT2D eigenvalue weighted by Crippen LogP contribution is 2.25. The summed E-state index contributed by atoms with van der Waals surface area (Å²) in [5.41, 5.74) is 13.1. The third-order valence-corrected chi connectivity index (χ3v) is 4.15. The van der Waals surface area contributed by atoms with Crippen molar-refractivity contribution in [2.75, 3.05) is 0 Å². The van der Waals surface area contributed by atoms with E-state index in [1.54, 1.807) is 0 Å². The van der Waals surface area contributed by atoms with Crippen LogP contribution in [0.1, 0.15) is 54.6 Å². The summed E-state index contributed by atoms with van der Waals surface area (Å²) in [6, 6.07) is 15.4. The van der Waals surface area contributed by atoms with Gasteiger partial charge in [-0.15, -0.1) is 0 Å². The van der Waals surface area contributed by atoms with Crippen LogP contribution in [0.15, 0.2) is 42.5 Å². The first kappa shape index (κ1) is 15.8. The lowest BCUT2D eigenvalue weighted by atomic mass is 9.86. The van der Waals surface area contributed by atoms with E-state index < -0.39 is 0 Å². The van der Waals surface area contributed by atoms with Crippen molar-refractivity contribution in [1.82, 2.24) is 0 Å². The lowest BCUT2D eigenvalue weighted by Gasteiger charge is -2.20. The molecule has 0 spiro atoms. The van der Waals surface area contributed by atoms with Crippen molar-refractivity contribution in [3.8, 4) is 0 Å². The minimum atomic E-state index is 0.0551. The van der Waals surface area contributed by atoms with E-state index in [1.165, 1.54) is 27.8 Å². The highest BCUT2D eigenvalue weighted by atomic mass is 14.6. The first-order chi connectivity index (χ1) is 9.77. The molecule has 0 saturated carbocycles. The van der Waals surface area contributed by atoms with Gasteiger partial charge >= 0.3 is 0 Å². The van der Waals surface area contributed by atoms with Crippen molar-refractivity contribution >= 4 is 0 Å². The third-order valence-electron chi connectivity index (χ3n) is 4.15. The van der Waals surface area contributed by atoms with Gasteiger partial charge in [-0.25, -0.2) is 0 Å². The van der Waals surface area contributed by atoms with Crippen LogP contribution in [-0.4, -0.2) is 0 Å². The third kappa shape index (κ3) is 3.95. The Bertz CT molecular complexity index is 603. The van der Waals surface area contributed by atoms with Gasteiger partial charge in [0.15, 0.2) is 0 Å². The molecule has 0 bridgehead atoms. The minimum Gasteiger partial charge on any atom is -0.324 e. The fourth-order valence-corrected chi connectivity index (χ4v) is 2.61. The summed E-state index contributed by atoms with van der Waals surface area (Å²) in [7, 11) is 0. The Labute approximate surface area is 129 Å². The molecule has 0 amide bonds. The number of benzene rings is 2. The molecule has 112 valence electrons. The van der Waals surface area contributed by atoms with Crippen LogP contribution in [0.2, 0.25) is 0 Å². The van der Waals surface area contributed by atoms with Gasteiger partial charge < -0.3 is 5.73 Å². The molecule has 1 nitrogen and oxygen atoms in total. The lowest BCUT2D eigenvalue weighted by molar-refractivity contribution is 0.589. The van der Waals surface area contributed by atoms with E-state index in [0.717, 1.165) is 6.42 Å². The molecule has 1 atom stereocenters. The van der Waals surface area contributed by atoms with Crippen LogP contribution in [0, 0.1) is 13.8 Å². The van der Waals surface area contributed by atoms with E-state index in [0.29, 0.717) is 0 Å². The Morgan fingerprint density at radius 3 is 2.14 bits per heavy atom. The normalized spacial score (nSPS) is 13.2. The number of hydrogen-bond acceptors (Lipinski definition) is 1. The molecule has 0 aromatic heterocycles. The van der Waals surface area contributed by atoms with E-state index in [1.807, 2.05) is 0 Å². The predicted octanol–water partition coefficient (Wildman–Crippen LogP) is 4.84. The van der Waals surface area contributed by atoms with Gasteiger partial charge in [0.2, 0.25) is 0 Å². The fourth-order valence-electron chi connectivity index (χ4n) is 2.61. The molecule has 0 radical (unpaired) electrons. The maximum Gasteiger partial charge on any atom is 0.0335 e. The van der Waals surface area contributed by atoms with Crippen molar-refractivity contribution in [2.45, 2.75) is 52.5 Å². The smallest absolute Gasteiger partial charge is 0.0335 e. The molecule has 0 saturated heterocycles. The number of aryl methyl sites for hydroxylation is 2. The Hall–Kier alpha value is -1.60. The zero-order chi connectivity index (χ0) is 15.6. The van der Waals surface area contributed by atoms with Crippen molar-refractivity contribution < 1.29 is 0 Å². The average molecular weight is 281 g/mol. The van der Waals surface area contributed by atoms with Crippen LogP contribution in [0.5, 0.6) is 0 Å². The second kappa shape index (κ2) is 6.03. The first-order valence-electron chi connectivity index (χ1n) is 7.69. The Balaban J connectivity index is 2.17. The van der Waals surface area contributed by atoms with Gasteiger partial charge in [-0.3, -0.25) is 0 Å². The summed E-state index contributed by atoms with van der Waals surface area (Å²) in [6.07, 6.45) is 0.891. The summed E-state index contributed by atoms with van der Waals surface area (Å²) in [4.78, 5) is 0. The molecule has 2 aromatic carbocycles. The summed E-state index contributed by atoms with van der Waals surface area (Å²) in [6.45, 7) is 11.0. The van der Waals surface area contributed by atoms with Gasteiger partial charge in [0, 0.05) is 6.04 Å². The molecule has 0 fully saturated rings. The molecule has 1 heteroatoms. The summed E-state index contributed by atoms with van der Waals surface area (Å²) in [5.74, 6) is 0. The number of rotatable bonds is 3. The zero-order valence-corrected chi connectivity index (χ0v) is 13.9. The van der Waals surface area contributed by atoms with Crippen LogP contribution in [0.3, 0.4) is 0 Å². The summed E-state index contributed by atoms with van der Waals surface area (Å²) >= 11 is 0. The monoisotopic (exact) mass is 281 g/mol. The second-order valence-electron chi connectivity index (χ2n) is 7.11. The molecule has 2 rings (SSSR count). The minimum absolute atomic E-state index is 0.0551. The molecule has 0 aliphatic heterocycles. The zero-order valence-electron chi connectivity index (χ0n) is 13.9. The lowest BCUT2D eigenvalue weighted by Crippen LogP contribution is -2.15. The van der Waals surface area contributed by atoms with Gasteiger partial charge in [0.1, 0.15) is 0 Å². The summed E-state index contributed by atoms with van der Waals surface area (Å²) in [5, 5.41) is 0. The first-order valence-corrected chi connectivity index (χ1v) is 7.69. The van der Waals surface area contributed by atoms with Crippen molar-refractivity contribution in [2.24, 2.45) is 5.73 Å². The molecule has 21 heavy (non-hydrogen) atoms. The van der Waals surface area contributed by atoms with Crippen LogP contribution in [0.4, 0.5) is 0 Å². The SMILES string of the molecule is Cc1ccc(C)c(CC(N)c2ccc(C(C)(C)C)cc2)c1. The predicted molar refractivity (Wildman–Crippen MR) is 91.7 cm³/mol. The standard InChI is InChI=1S/C20H27N/c1-14-6-7-15(2)17(12-14)13-19(21)16-8-10-18(11-9-16)20(3,4)5/h6-12,19H,13,21H2,1-5H3. The molecule has 1 unspecified atom stereocenters. The van der Waals surface area contributed by atoms with Gasteiger partial charge in [0.25, 0.3) is 0 Å². The van der Waals surface area contributed by atoms with Crippen LogP contribution < -0.4 is 5.73 Å². The van der Waals surface area contributed by atoms with Crippen molar-refractivity contribution in [3.05, 3.63) is 70.3 Å². The van der Waals surface area contributed by atoms with Crippen LogP contribution in [0.25, 0.3) is 0 Å². The van der Waals surface area contributed by atoms with E-state index in [-0.39, 0.29) is 11.5 Å². The highest BCUT2D eigenvalue weighted by Gasteiger charge is 2.14. The number of nitrogens with two attached hydrogens (primary N) is 1. The maximum atomic E-state index is 6.41. The van der Waals surface area contributed by atoms with E-state index in [9.17, 15) is 0 Å². The topological polar surface area (TPSA) is 26.0 Å². The molecular weight excluding hydrogens is 254 g/mol. The molecule has 0 aliphatic rings. The number of hydrogen-bond donors (Lipinski definition) is 1. The van der Waals surface area contributed by atoms with Crippen molar-refractivity contribution in [1.29, 1.82) is 0 Å². The maximum absolute atomic E-state index is 6.41. The molecule has 0 heterocycles. The van der Waals surface area contributed by atoms with Crippen molar-refractivity contribution in [3.63, 3.8) is 0 Å². The molecule has 2 aromatic rings. The summed E-state index contributed by atoms with van der Waals surface area (Å²) < 4.78 is 0. The molecular formula is C20H27N. The fraction of sp³-hybridized carbons (Fsp3) is 0.400. The average Bonchev–Trinajstić information content (AvgIpc) is 2.42. The van der Waals surface area contributed by atoms with E-state index in [2.05, 4.69) is 77.1 Å².